The summed E-state index contributed by atoms with van der Waals surface area (Å²) in [6.45, 7) is 1.03. The van der Waals surface area contributed by atoms with E-state index in [1.165, 1.54) is 0 Å². The minimum atomic E-state index is -0.503. The highest BCUT2D eigenvalue weighted by Gasteiger charge is 2.11. The van der Waals surface area contributed by atoms with Crippen LogP contribution in [-0.4, -0.2) is 42.2 Å². The number of ether oxygens (including phenoxy) is 1. The molecule has 1 amide bonds. The highest BCUT2D eigenvalue weighted by molar-refractivity contribution is 5.81. The minimum Gasteiger partial charge on any atom is -0.385 e. The van der Waals surface area contributed by atoms with Crippen LogP contribution in [0.2, 0.25) is 0 Å². The van der Waals surface area contributed by atoms with Crippen molar-refractivity contribution in [1.82, 2.24) is 15.3 Å². The molecule has 6 heteroatoms. The lowest BCUT2D eigenvalue weighted by Crippen LogP contribution is -2.42. The molecule has 0 fully saturated rings. The van der Waals surface area contributed by atoms with Gasteiger partial charge in [-0.05, 0) is 6.42 Å². The van der Waals surface area contributed by atoms with Crippen molar-refractivity contribution in [3.05, 3.63) is 18.2 Å². The fraction of sp³-hybridized carbons (Fsp3) is 0.600. The van der Waals surface area contributed by atoms with E-state index in [4.69, 9.17) is 10.5 Å². The first-order valence-electron chi connectivity index (χ1n) is 5.24. The van der Waals surface area contributed by atoms with Gasteiger partial charge in [-0.1, -0.05) is 0 Å². The zero-order valence-corrected chi connectivity index (χ0v) is 9.40. The number of carbonyl (C=O) groups excluding carboxylic acids is 1. The summed E-state index contributed by atoms with van der Waals surface area (Å²) in [7, 11) is 1.58. The molecule has 6 nitrogen and oxygen atoms in total. The number of hydrogen-bond donors (Lipinski definition) is 3. The van der Waals surface area contributed by atoms with E-state index >= 15 is 0 Å². The summed E-state index contributed by atoms with van der Waals surface area (Å²) < 4.78 is 4.85. The van der Waals surface area contributed by atoms with Crippen LogP contribution in [0.1, 0.15) is 12.2 Å². The summed E-state index contributed by atoms with van der Waals surface area (Å²) >= 11 is 0. The van der Waals surface area contributed by atoms with Crippen LogP contribution in [0.25, 0.3) is 0 Å². The number of hydrogen-bond acceptors (Lipinski definition) is 4. The third kappa shape index (κ3) is 4.41. The van der Waals surface area contributed by atoms with Crippen LogP contribution in [-0.2, 0) is 16.0 Å². The molecule has 90 valence electrons. The SMILES string of the molecule is COCCC(N)C(=O)NCCc1ncc[nH]1. The minimum absolute atomic E-state index is 0.149. The van der Waals surface area contributed by atoms with Gasteiger partial charge in [0, 0.05) is 39.1 Å². The Morgan fingerprint density at radius 1 is 1.75 bits per heavy atom. The van der Waals surface area contributed by atoms with Gasteiger partial charge in [-0.25, -0.2) is 4.98 Å². The van der Waals surface area contributed by atoms with Crippen molar-refractivity contribution in [2.24, 2.45) is 5.73 Å². The molecular formula is C10H18N4O2. The highest BCUT2D eigenvalue weighted by atomic mass is 16.5. The Bertz CT molecular complexity index is 300. The molecule has 0 saturated heterocycles. The van der Waals surface area contributed by atoms with Crippen molar-refractivity contribution in [1.29, 1.82) is 0 Å². The van der Waals surface area contributed by atoms with E-state index in [0.717, 1.165) is 5.82 Å². The lowest BCUT2D eigenvalue weighted by molar-refractivity contribution is -0.122. The van der Waals surface area contributed by atoms with Crippen LogP contribution in [0.3, 0.4) is 0 Å². The maximum absolute atomic E-state index is 11.5. The average Bonchev–Trinajstić information content (AvgIpc) is 2.78. The third-order valence-corrected chi connectivity index (χ3v) is 2.19. The van der Waals surface area contributed by atoms with Crippen LogP contribution >= 0.6 is 0 Å². The van der Waals surface area contributed by atoms with Crippen molar-refractivity contribution in [2.45, 2.75) is 18.9 Å². The largest absolute Gasteiger partial charge is 0.385 e. The second-order valence-electron chi connectivity index (χ2n) is 3.46. The standard InChI is InChI=1S/C10H18N4O2/c1-16-7-3-8(11)10(15)14-4-2-9-12-5-6-13-9/h5-6,8H,2-4,7,11H2,1H3,(H,12,13)(H,14,15). The number of amides is 1. The molecule has 1 rings (SSSR count). The van der Waals surface area contributed by atoms with Crippen molar-refractivity contribution in [2.75, 3.05) is 20.3 Å². The Labute approximate surface area is 94.6 Å². The Morgan fingerprint density at radius 3 is 3.19 bits per heavy atom. The summed E-state index contributed by atoms with van der Waals surface area (Å²) in [5, 5.41) is 2.75. The smallest absolute Gasteiger partial charge is 0.237 e. The van der Waals surface area contributed by atoms with E-state index in [1.54, 1.807) is 19.5 Å². The first kappa shape index (κ1) is 12.7. The molecule has 0 radical (unpaired) electrons. The van der Waals surface area contributed by atoms with Gasteiger partial charge in [-0.15, -0.1) is 0 Å². The normalized spacial score (nSPS) is 12.4. The van der Waals surface area contributed by atoms with Gasteiger partial charge >= 0.3 is 0 Å². The molecule has 0 aliphatic rings. The molecule has 1 aromatic rings. The van der Waals surface area contributed by atoms with Gasteiger partial charge in [-0.3, -0.25) is 4.79 Å². The van der Waals surface area contributed by atoms with Crippen molar-refractivity contribution in [3.8, 4) is 0 Å². The van der Waals surface area contributed by atoms with Crippen molar-refractivity contribution >= 4 is 5.91 Å². The molecule has 1 atom stereocenters. The quantitative estimate of drug-likeness (QED) is 0.580. The highest BCUT2D eigenvalue weighted by Crippen LogP contribution is 1.91. The Kier molecular flexibility index (Phi) is 5.52. The molecule has 0 aliphatic carbocycles. The summed E-state index contributed by atoms with van der Waals surface area (Å²) in [5.41, 5.74) is 5.65. The molecule has 0 aliphatic heterocycles. The molecular weight excluding hydrogens is 208 g/mol. The van der Waals surface area contributed by atoms with Crippen LogP contribution < -0.4 is 11.1 Å². The maximum Gasteiger partial charge on any atom is 0.237 e. The van der Waals surface area contributed by atoms with Gasteiger partial charge in [0.25, 0.3) is 0 Å². The zero-order chi connectivity index (χ0) is 11.8. The van der Waals surface area contributed by atoms with E-state index < -0.39 is 6.04 Å². The number of aromatic nitrogens is 2. The number of rotatable bonds is 7. The average molecular weight is 226 g/mol. The van der Waals surface area contributed by atoms with Crippen molar-refractivity contribution < 1.29 is 9.53 Å². The predicted molar refractivity (Wildman–Crippen MR) is 59.8 cm³/mol. The molecule has 16 heavy (non-hydrogen) atoms. The molecule has 0 bridgehead atoms. The summed E-state index contributed by atoms with van der Waals surface area (Å²) in [6, 6.07) is -0.503. The first-order valence-corrected chi connectivity index (χ1v) is 5.24. The number of carbonyl (C=O) groups is 1. The third-order valence-electron chi connectivity index (χ3n) is 2.19. The van der Waals surface area contributed by atoms with Crippen LogP contribution in [0.5, 0.6) is 0 Å². The van der Waals surface area contributed by atoms with E-state index in [1.807, 2.05) is 0 Å². The van der Waals surface area contributed by atoms with E-state index in [9.17, 15) is 4.79 Å². The lowest BCUT2D eigenvalue weighted by Gasteiger charge is -2.10. The summed E-state index contributed by atoms with van der Waals surface area (Å²) in [4.78, 5) is 18.5. The second-order valence-corrected chi connectivity index (χ2v) is 3.46. The number of nitrogens with one attached hydrogen (secondary N) is 2. The first-order chi connectivity index (χ1) is 7.74. The van der Waals surface area contributed by atoms with Gasteiger partial charge in [0.05, 0.1) is 6.04 Å². The van der Waals surface area contributed by atoms with E-state index in [0.29, 0.717) is 26.0 Å². The molecule has 1 heterocycles. The van der Waals surface area contributed by atoms with Gasteiger partial charge < -0.3 is 20.8 Å². The maximum atomic E-state index is 11.5. The van der Waals surface area contributed by atoms with Crippen molar-refractivity contribution in [3.63, 3.8) is 0 Å². The number of imidazole rings is 1. The van der Waals surface area contributed by atoms with E-state index in [-0.39, 0.29) is 5.91 Å². The van der Waals surface area contributed by atoms with Crippen LogP contribution in [0.15, 0.2) is 12.4 Å². The Morgan fingerprint density at radius 2 is 2.56 bits per heavy atom. The van der Waals surface area contributed by atoms with Gasteiger partial charge in [0.1, 0.15) is 5.82 Å². The monoisotopic (exact) mass is 226 g/mol. The zero-order valence-electron chi connectivity index (χ0n) is 9.40. The molecule has 0 saturated carbocycles. The Hall–Kier alpha value is -1.40. The van der Waals surface area contributed by atoms with Crippen LogP contribution in [0.4, 0.5) is 0 Å². The second kappa shape index (κ2) is 6.97. The fourth-order valence-electron chi connectivity index (χ4n) is 1.25. The molecule has 1 aromatic heterocycles. The van der Waals surface area contributed by atoms with E-state index in [2.05, 4.69) is 15.3 Å². The number of methoxy groups -OCH3 is 1. The number of aromatic amines is 1. The lowest BCUT2D eigenvalue weighted by atomic mass is 10.2. The molecule has 0 spiro atoms. The Balaban J connectivity index is 2.14. The molecule has 4 N–H and O–H groups in total. The molecule has 0 aromatic carbocycles. The fourth-order valence-corrected chi connectivity index (χ4v) is 1.25. The number of H-pyrrole nitrogens is 1. The van der Waals surface area contributed by atoms with Gasteiger partial charge in [0.2, 0.25) is 5.91 Å². The topological polar surface area (TPSA) is 93.0 Å². The van der Waals surface area contributed by atoms with Crippen LogP contribution in [0, 0.1) is 0 Å². The molecule has 1 unspecified atom stereocenters. The van der Waals surface area contributed by atoms with Gasteiger partial charge in [0.15, 0.2) is 0 Å². The predicted octanol–water partition coefficient (Wildman–Crippen LogP) is -0.568. The summed E-state index contributed by atoms with van der Waals surface area (Å²) in [6.07, 6.45) is 4.64. The van der Waals surface area contributed by atoms with Gasteiger partial charge in [-0.2, -0.15) is 0 Å². The number of nitrogens with two attached hydrogens (primary N) is 1. The summed E-state index contributed by atoms with van der Waals surface area (Å²) in [5.74, 6) is 0.703. The number of nitrogens with zero attached hydrogens (tertiary/aromatic N) is 1.